The van der Waals surface area contributed by atoms with Gasteiger partial charge in [-0.3, -0.25) is 0 Å². The Bertz CT molecular complexity index is 673. The Kier molecular flexibility index (Phi) is 4.14. The topological polar surface area (TPSA) is 12.0 Å². The maximum absolute atomic E-state index is 3.59. The number of thiophene rings is 1. The maximum atomic E-state index is 3.59. The van der Waals surface area contributed by atoms with Crippen LogP contribution in [0.25, 0.3) is 10.8 Å². The molecular weight excluding hydrogens is 262 g/mol. The summed E-state index contributed by atoms with van der Waals surface area (Å²) >= 11 is 1.77. The second kappa shape index (κ2) is 6.21. The van der Waals surface area contributed by atoms with Crippen LogP contribution in [0.3, 0.4) is 0 Å². The monoisotopic (exact) mass is 281 g/mol. The van der Waals surface area contributed by atoms with Crippen LogP contribution in [0.5, 0.6) is 0 Å². The van der Waals surface area contributed by atoms with Gasteiger partial charge in [0.2, 0.25) is 0 Å². The van der Waals surface area contributed by atoms with Crippen molar-refractivity contribution in [2.24, 2.45) is 0 Å². The lowest BCUT2D eigenvalue weighted by molar-refractivity contribution is 0.551. The number of hydrogen-bond acceptors (Lipinski definition) is 2. The van der Waals surface area contributed by atoms with Crippen LogP contribution in [-0.2, 0) is 6.42 Å². The van der Waals surface area contributed by atoms with Crippen LogP contribution in [0.15, 0.2) is 59.3 Å². The summed E-state index contributed by atoms with van der Waals surface area (Å²) in [4.78, 5) is 0. The van der Waals surface area contributed by atoms with Crippen molar-refractivity contribution in [3.8, 4) is 0 Å². The first-order valence-electron chi connectivity index (χ1n) is 7.10. The van der Waals surface area contributed by atoms with E-state index in [1.807, 2.05) is 0 Å². The Balaban J connectivity index is 1.86. The summed E-state index contributed by atoms with van der Waals surface area (Å²) in [5, 5.41) is 10.6. The first-order valence-corrected chi connectivity index (χ1v) is 8.04. The molecule has 1 aromatic heterocycles. The normalized spacial score (nSPS) is 12.7. The van der Waals surface area contributed by atoms with Gasteiger partial charge >= 0.3 is 0 Å². The SMILES string of the molecule is CCNC(Cc1ccc2ccccc2c1)c1ccsc1. The van der Waals surface area contributed by atoms with Crippen molar-refractivity contribution in [1.82, 2.24) is 5.32 Å². The fourth-order valence-electron chi connectivity index (χ4n) is 2.63. The summed E-state index contributed by atoms with van der Waals surface area (Å²) < 4.78 is 0. The smallest absolute Gasteiger partial charge is 0.0369 e. The summed E-state index contributed by atoms with van der Waals surface area (Å²) in [6.07, 6.45) is 1.04. The molecule has 0 fully saturated rings. The van der Waals surface area contributed by atoms with Crippen molar-refractivity contribution in [3.63, 3.8) is 0 Å². The van der Waals surface area contributed by atoms with Crippen LogP contribution in [0.4, 0.5) is 0 Å². The van der Waals surface area contributed by atoms with Gasteiger partial charge in [-0.15, -0.1) is 0 Å². The molecule has 0 spiro atoms. The zero-order chi connectivity index (χ0) is 13.8. The van der Waals surface area contributed by atoms with Gasteiger partial charge < -0.3 is 5.32 Å². The van der Waals surface area contributed by atoms with E-state index >= 15 is 0 Å². The van der Waals surface area contributed by atoms with Crippen LogP contribution in [0.1, 0.15) is 24.1 Å². The van der Waals surface area contributed by atoms with Crippen LogP contribution in [0, 0.1) is 0 Å². The lowest BCUT2D eigenvalue weighted by atomic mass is 9.98. The molecule has 3 aromatic rings. The third kappa shape index (κ3) is 2.92. The van der Waals surface area contributed by atoms with E-state index in [9.17, 15) is 0 Å². The molecular formula is C18H19NS. The van der Waals surface area contributed by atoms with Gasteiger partial charge in [-0.1, -0.05) is 49.4 Å². The lowest BCUT2D eigenvalue weighted by Crippen LogP contribution is -2.22. The lowest BCUT2D eigenvalue weighted by Gasteiger charge is -2.17. The minimum atomic E-state index is 0.410. The highest BCUT2D eigenvalue weighted by Crippen LogP contribution is 2.23. The Hall–Kier alpha value is -1.64. The number of likely N-dealkylation sites (N-methyl/N-ethyl adjacent to an activating group) is 1. The predicted molar refractivity (Wildman–Crippen MR) is 88.4 cm³/mol. The highest BCUT2D eigenvalue weighted by atomic mass is 32.1. The van der Waals surface area contributed by atoms with Crippen molar-refractivity contribution in [2.45, 2.75) is 19.4 Å². The van der Waals surface area contributed by atoms with Crippen LogP contribution in [0.2, 0.25) is 0 Å². The average molecular weight is 281 g/mol. The first kappa shape index (κ1) is 13.3. The first-order chi connectivity index (χ1) is 9.86. The van der Waals surface area contributed by atoms with E-state index in [4.69, 9.17) is 0 Å². The van der Waals surface area contributed by atoms with Crippen LogP contribution >= 0.6 is 11.3 Å². The molecule has 2 heteroatoms. The molecule has 2 aromatic carbocycles. The number of nitrogens with one attached hydrogen (secondary N) is 1. The minimum absolute atomic E-state index is 0.410. The van der Waals surface area contributed by atoms with Gasteiger partial charge in [0, 0.05) is 6.04 Å². The third-order valence-electron chi connectivity index (χ3n) is 3.65. The molecule has 0 amide bonds. The summed E-state index contributed by atoms with van der Waals surface area (Å²) in [5.74, 6) is 0. The molecule has 20 heavy (non-hydrogen) atoms. The average Bonchev–Trinajstić information content (AvgIpc) is 3.01. The zero-order valence-electron chi connectivity index (χ0n) is 11.7. The van der Waals surface area contributed by atoms with Crippen LogP contribution in [-0.4, -0.2) is 6.54 Å². The van der Waals surface area contributed by atoms with Gasteiger partial charge in [0.1, 0.15) is 0 Å². The van der Waals surface area contributed by atoms with Crippen molar-refractivity contribution >= 4 is 22.1 Å². The van der Waals surface area contributed by atoms with E-state index < -0.39 is 0 Å². The molecule has 0 aliphatic heterocycles. The number of benzene rings is 2. The highest BCUT2D eigenvalue weighted by molar-refractivity contribution is 7.07. The van der Waals surface area contributed by atoms with Gasteiger partial charge in [-0.05, 0) is 51.7 Å². The maximum Gasteiger partial charge on any atom is 0.0369 e. The van der Waals surface area contributed by atoms with Crippen molar-refractivity contribution < 1.29 is 0 Å². The fourth-order valence-corrected chi connectivity index (χ4v) is 3.34. The van der Waals surface area contributed by atoms with E-state index in [0.29, 0.717) is 6.04 Å². The fraction of sp³-hybridized carbons (Fsp3) is 0.222. The third-order valence-corrected chi connectivity index (χ3v) is 4.35. The summed E-state index contributed by atoms with van der Waals surface area (Å²) in [6, 6.07) is 18.0. The van der Waals surface area contributed by atoms with Gasteiger partial charge in [-0.25, -0.2) is 0 Å². The molecule has 0 aliphatic rings. The molecule has 1 N–H and O–H groups in total. The van der Waals surface area contributed by atoms with Crippen molar-refractivity contribution in [3.05, 3.63) is 70.4 Å². The summed E-state index contributed by atoms with van der Waals surface area (Å²) in [6.45, 7) is 3.16. The summed E-state index contributed by atoms with van der Waals surface area (Å²) in [5.41, 5.74) is 2.78. The molecule has 0 saturated carbocycles. The van der Waals surface area contributed by atoms with Gasteiger partial charge in [0.05, 0.1) is 0 Å². The Morgan fingerprint density at radius 3 is 2.65 bits per heavy atom. The number of hydrogen-bond donors (Lipinski definition) is 1. The standard InChI is InChI=1S/C18H19NS/c1-2-19-18(17-9-10-20-13-17)12-14-7-8-15-5-3-4-6-16(15)11-14/h3-11,13,18-19H,2,12H2,1H3. The Labute approximate surface area is 124 Å². The van der Waals surface area contributed by atoms with E-state index in [0.717, 1.165) is 13.0 Å². The molecule has 0 radical (unpaired) electrons. The number of fused-ring (bicyclic) bond motifs is 1. The quantitative estimate of drug-likeness (QED) is 0.708. The summed E-state index contributed by atoms with van der Waals surface area (Å²) in [7, 11) is 0. The second-order valence-corrected chi connectivity index (χ2v) is 5.83. The second-order valence-electron chi connectivity index (χ2n) is 5.05. The van der Waals surface area contributed by atoms with Crippen LogP contribution < -0.4 is 5.32 Å². The number of rotatable bonds is 5. The van der Waals surface area contributed by atoms with Gasteiger partial charge in [0.15, 0.2) is 0 Å². The molecule has 0 aliphatic carbocycles. The molecule has 3 rings (SSSR count). The molecule has 0 bridgehead atoms. The Morgan fingerprint density at radius 2 is 1.90 bits per heavy atom. The highest BCUT2D eigenvalue weighted by Gasteiger charge is 2.11. The van der Waals surface area contributed by atoms with E-state index in [2.05, 4.69) is 71.5 Å². The van der Waals surface area contributed by atoms with E-state index in [1.165, 1.54) is 21.9 Å². The predicted octanol–water partition coefficient (Wildman–Crippen LogP) is 4.79. The van der Waals surface area contributed by atoms with Crippen molar-refractivity contribution in [2.75, 3.05) is 6.54 Å². The molecule has 1 heterocycles. The zero-order valence-corrected chi connectivity index (χ0v) is 12.5. The Morgan fingerprint density at radius 1 is 1.05 bits per heavy atom. The van der Waals surface area contributed by atoms with E-state index in [-0.39, 0.29) is 0 Å². The van der Waals surface area contributed by atoms with Crippen molar-refractivity contribution in [1.29, 1.82) is 0 Å². The molecule has 1 atom stereocenters. The molecule has 1 nitrogen and oxygen atoms in total. The minimum Gasteiger partial charge on any atom is -0.310 e. The van der Waals surface area contributed by atoms with Gasteiger partial charge in [-0.2, -0.15) is 11.3 Å². The molecule has 0 saturated heterocycles. The van der Waals surface area contributed by atoms with Gasteiger partial charge in [0.25, 0.3) is 0 Å². The largest absolute Gasteiger partial charge is 0.310 e. The molecule has 102 valence electrons. The molecule has 1 unspecified atom stereocenters. The van der Waals surface area contributed by atoms with E-state index in [1.54, 1.807) is 11.3 Å².